The number of rotatable bonds is 4. The maximum atomic E-state index is 11.1. The van der Waals surface area contributed by atoms with Gasteiger partial charge in [-0.2, -0.15) is 0 Å². The van der Waals surface area contributed by atoms with Crippen LogP contribution >= 0.6 is 0 Å². The van der Waals surface area contributed by atoms with Crippen molar-refractivity contribution in [1.82, 2.24) is 0 Å². The van der Waals surface area contributed by atoms with Gasteiger partial charge in [0.25, 0.3) is 0 Å². The van der Waals surface area contributed by atoms with Crippen molar-refractivity contribution >= 4 is 20.3 Å². The van der Waals surface area contributed by atoms with Crippen LogP contribution in [0.5, 0.6) is 0 Å². The van der Waals surface area contributed by atoms with E-state index in [2.05, 4.69) is 8.31 Å². The second kappa shape index (κ2) is 4.77. The van der Waals surface area contributed by atoms with E-state index in [0.717, 1.165) is 25.5 Å². The molecule has 15 heavy (non-hydrogen) atoms. The zero-order valence-electron chi connectivity index (χ0n) is 8.42. The van der Waals surface area contributed by atoms with Crippen LogP contribution in [0, 0.1) is 0 Å². The summed E-state index contributed by atoms with van der Waals surface area (Å²) in [6, 6.07) is 0. The summed E-state index contributed by atoms with van der Waals surface area (Å²) in [7, 11) is -8.22. The Labute approximate surface area is 90.3 Å². The lowest BCUT2D eigenvalue weighted by Gasteiger charge is -2.25. The van der Waals surface area contributed by atoms with Crippen molar-refractivity contribution in [3.8, 4) is 0 Å². The van der Waals surface area contributed by atoms with Crippen molar-refractivity contribution in [2.24, 2.45) is 0 Å². The van der Waals surface area contributed by atoms with Gasteiger partial charge in [-0.3, -0.25) is 4.18 Å². The molecule has 1 rings (SSSR count). The van der Waals surface area contributed by atoms with E-state index in [0.29, 0.717) is 12.8 Å². The van der Waals surface area contributed by atoms with Crippen molar-refractivity contribution in [2.45, 2.75) is 38.2 Å². The molecule has 8 heteroatoms. The van der Waals surface area contributed by atoms with Crippen LogP contribution in [0.1, 0.15) is 32.1 Å². The standard InChI is InChI=1S/C7H14NO5S2/c1-14(9,10)8-15(11,12)13-7-5-3-2-4-6-7/h7H,2-6H2,1H3/q-1. The third-order valence-electron chi connectivity index (χ3n) is 2.04. The highest BCUT2D eigenvalue weighted by atomic mass is 32.3. The van der Waals surface area contributed by atoms with Gasteiger partial charge < -0.3 is 4.13 Å². The molecule has 0 aromatic heterocycles. The monoisotopic (exact) mass is 256 g/mol. The zero-order valence-corrected chi connectivity index (χ0v) is 10.1. The fraction of sp³-hybridized carbons (Fsp3) is 1.00. The minimum Gasteiger partial charge on any atom is -0.412 e. The quantitative estimate of drug-likeness (QED) is 0.745. The summed E-state index contributed by atoms with van der Waals surface area (Å²) in [5.74, 6) is 0. The van der Waals surface area contributed by atoms with Crippen molar-refractivity contribution in [3.63, 3.8) is 0 Å². The fourth-order valence-electron chi connectivity index (χ4n) is 1.52. The molecule has 0 spiro atoms. The predicted octanol–water partition coefficient (Wildman–Crippen LogP) is 0.914. The predicted molar refractivity (Wildman–Crippen MR) is 55.1 cm³/mol. The SMILES string of the molecule is CS(=O)(=O)[N-]S(=O)(=O)OC1CCCCC1. The summed E-state index contributed by atoms with van der Waals surface area (Å²) < 4.78 is 51.0. The van der Waals surface area contributed by atoms with Crippen LogP contribution in [0.3, 0.4) is 0 Å². The fourth-order valence-corrected chi connectivity index (χ4v) is 3.52. The van der Waals surface area contributed by atoms with Crippen LogP contribution in [0.25, 0.3) is 4.13 Å². The molecule has 0 saturated heterocycles. The van der Waals surface area contributed by atoms with Gasteiger partial charge in [-0.1, -0.05) is 19.3 Å². The molecule has 0 aromatic carbocycles. The first-order chi connectivity index (χ1) is 6.79. The van der Waals surface area contributed by atoms with E-state index in [9.17, 15) is 16.8 Å². The first-order valence-corrected chi connectivity index (χ1v) is 7.87. The van der Waals surface area contributed by atoms with Crippen molar-refractivity contribution in [3.05, 3.63) is 4.13 Å². The van der Waals surface area contributed by atoms with E-state index in [1.54, 1.807) is 0 Å². The Balaban J connectivity index is 2.56. The first kappa shape index (κ1) is 12.9. The van der Waals surface area contributed by atoms with Gasteiger partial charge in [0.05, 0.1) is 16.1 Å². The molecule has 1 aliphatic rings. The highest BCUT2D eigenvalue weighted by molar-refractivity contribution is 8.09. The largest absolute Gasteiger partial charge is 0.412 e. The Bertz CT molecular complexity index is 393. The Morgan fingerprint density at radius 1 is 1.07 bits per heavy atom. The Morgan fingerprint density at radius 2 is 1.60 bits per heavy atom. The second-order valence-electron chi connectivity index (χ2n) is 3.59. The number of nitrogens with zero attached hydrogens (tertiary/aromatic N) is 1. The Morgan fingerprint density at radius 3 is 2.07 bits per heavy atom. The molecule has 0 unspecified atom stereocenters. The zero-order chi connectivity index (χ0) is 11.5. The van der Waals surface area contributed by atoms with Crippen LogP contribution < -0.4 is 0 Å². The van der Waals surface area contributed by atoms with Crippen LogP contribution in [-0.4, -0.2) is 29.2 Å². The van der Waals surface area contributed by atoms with E-state index < -0.39 is 26.4 Å². The van der Waals surface area contributed by atoms with Crippen LogP contribution in [-0.2, 0) is 24.5 Å². The summed E-state index contributed by atoms with van der Waals surface area (Å²) in [5, 5.41) is 0. The smallest absolute Gasteiger partial charge is 0.202 e. The summed E-state index contributed by atoms with van der Waals surface area (Å²) in [5.41, 5.74) is 0. The molecule has 1 aliphatic carbocycles. The lowest BCUT2D eigenvalue weighted by atomic mass is 9.98. The molecule has 0 N–H and O–H groups in total. The van der Waals surface area contributed by atoms with Gasteiger partial charge in [-0.25, -0.2) is 16.8 Å². The van der Waals surface area contributed by atoms with E-state index >= 15 is 0 Å². The molecule has 6 nitrogen and oxygen atoms in total. The average Bonchev–Trinajstić information content (AvgIpc) is 1.99. The molecule has 0 atom stereocenters. The average molecular weight is 256 g/mol. The lowest BCUT2D eigenvalue weighted by molar-refractivity contribution is 0.164. The summed E-state index contributed by atoms with van der Waals surface area (Å²) in [6.45, 7) is 0. The lowest BCUT2D eigenvalue weighted by Crippen LogP contribution is -2.21. The molecular formula is C7H14NO5S2-. The van der Waals surface area contributed by atoms with E-state index in [4.69, 9.17) is 0 Å². The molecular weight excluding hydrogens is 242 g/mol. The second-order valence-corrected chi connectivity index (χ2v) is 6.70. The summed E-state index contributed by atoms with van der Waals surface area (Å²) >= 11 is 0. The molecule has 0 aliphatic heterocycles. The van der Waals surface area contributed by atoms with Gasteiger partial charge in [0.15, 0.2) is 0 Å². The van der Waals surface area contributed by atoms with Gasteiger partial charge in [-0.05, 0) is 12.8 Å². The van der Waals surface area contributed by atoms with Gasteiger partial charge in [0.2, 0.25) is 10.3 Å². The molecule has 0 bridgehead atoms. The molecule has 1 saturated carbocycles. The highest BCUT2D eigenvalue weighted by Gasteiger charge is 2.18. The van der Waals surface area contributed by atoms with Crippen LogP contribution in [0.15, 0.2) is 0 Å². The number of hydrogen-bond donors (Lipinski definition) is 0. The van der Waals surface area contributed by atoms with Crippen molar-refractivity contribution in [2.75, 3.05) is 6.26 Å². The van der Waals surface area contributed by atoms with Gasteiger partial charge >= 0.3 is 0 Å². The topological polar surface area (TPSA) is 91.6 Å². The molecule has 0 aromatic rings. The molecule has 0 amide bonds. The van der Waals surface area contributed by atoms with Gasteiger partial charge in [0, 0.05) is 6.26 Å². The van der Waals surface area contributed by atoms with E-state index in [1.165, 1.54) is 0 Å². The maximum Gasteiger partial charge on any atom is 0.202 e. The molecule has 1 fully saturated rings. The first-order valence-electron chi connectivity index (χ1n) is 4.66. The highest BCUT2D eigenvalue weighted by Crippen LogP contribution is 2.24. The molecule has 90 valence electrons. The molecule has 0 heterocycles. The van der Waals surface area contributed by atoms with Crippen molar-refractivity contribution < 1.29 is 21.0 Å². The Hall–Kier alpha value is -0.180. The molecule has 0 radical (unpaired) electrons. The van der Waals surface area contributed by atoms with Gasteiger partial charge in [0.1, 0.15) is 0 Å². The minimum atomic E-state index is -4.30. The Kier molecular flexibility index (Phi) is 4.10. The van der Waals surface area contributed by atoms with Crippen LogP contribution in [0.2, 0.25) is 0 Å². The summed E-state index contributed by atoms with van der Waals surface area (Å²) in [4.78, 5) is 0. The number of sulfonamides is 1. The summed E-state index contributed by atoms with van der Waals surface area (Å²) in [6.07, 6.45) is 4.43. The third-order valence-corrected chi connectivity index (χ3v) is 4.37. The normalized spacial score (nSPS) is 20.3. The number of hydrogen-bond acceptors (Lipinski definition) is 5. The van der Waals surface area contributed by atoms with Gasteiger partial charge in [-0.15, -0.1) is 0 Å². The van der Waals surface area contributed by atoms with E-state index in [-0.39, 0.29) is 0 Å². The minimum absolute atomic E-state index is 0.422. The van der Waals surface area contributed by atoms with E-state index in [1.807, 2.05) is 0 Å². The third kappa shape index (κ3) is 5.45. The maximum absolute atomic E-state index is 11.1. The van der Waals surface area contributed by atoms with Crippen molar-refractivity contribution in [1.29, 1.82) is 0 Å². The van der Waals surface area contributed by atoms with Crippen LogP contribution in [0.4, 0.5) is 0 Å².